The molecule has 1 N–H and O–H groups in total. The van der Waals surface area contributed by atoms with Crippen molar-refractivity contribution in [1.29, 1.82) is 0 Å². The number of hydrogen-bond donors (Lipinski definition) is 1. The molecule has 1 amide bonds. The van der Waals surface area contributed by atoms with E-state index in [0.717, 1.165) is 0 Å². The minimum absolute atomic E-state index is 0.0570. The molecule has 0 spiro atoms. The number of carbonyl (C=O) groups excluding carboxylic acids is 3. The smallest absolute Gasteiger partial charge is 0.408 e. The van der Waals surface area contributed by atoms with Gasteiger partial charge in [0.1, 0.15) is 11.6 Å². The third-order valence-corrected chi connectivity index (χ3v) is 2.92. The molecule has 0 saturated carbocycles. The third kappa shape index (κ3) is 9.00. The van der Waals surface area contributed by atoms with E-state index in [9.17, 15) is 18.8 Å². The Morgan fingerprint density at radius 1 is 1.09 bits per heavy atom. The van der Waals surface area contributed by atoms with Crippen molar-refractivity contribution in [2.24, 2.45) is 5.92 Å². The number of alkyl carbamates (subject to hydrolysis) is 1. The maximum atomic E-state index is 12.3. The summed E-state index contributed by atoms with van der Waals surface area (Å²) in [7, 11) is 2.38. The van der Waals surface area contributed by atoms with Crippen LogP contribution in [0.15, 0.2) is 0 Å². The van der Waals surface area contributed by atoms with Crippen LogP contribution in [0.25, 0.3) is 0 Å². The summed E-state index contributed by atoms with van der Waals surface area (Å²) in [5.41, 5.74) is -0.735. The van der Waals surface area contributed by atoms with Crippen molar-refractivity contribution >= 4 is 18.0 Å². The summed E-state index contributed by atoms with van der Waals surface area (Å²) in [6.07, 6.45) is -0.507. The highest BCUT2D eigenvalue weighted by molar-refractivity contribution is 5.82. The van der Waals surface area contributed by atoms with Crippen LogP contribution in [0, 0.1) is 5.92 Å². The molecule has 0 heterocycles. The average molecular weight is 334 g/mol. The molecule has 134 valence electrons. The Labute approximate surface area is 135 Å². The van der Waals surface area contributed by atoms with Crippen LogP contribution >= 0.6 is 0 Å². The highest BCUT2D eigenvalue weighted by Crippen LogP contribution is 2.17. The Balaban J connectivity index is 4.96. The number of nitrogens with one attached hydrogen (secondary N) is 1. The highest BCUT2D eigenvalue weighted by Gasteiger charge is 2.31. The van der Waals surface area contributed by atoms with Gasteiger partial charge < -0.3 is 19.5 Å². The zero-order valence-electron chi connectivity index (χ0n) is 14.3. The van der Waals surface area contributed by atoms with Crippen LogP contribution in [0.2, 0.25) is 0 Å². The lowest BCUT2D eigenvalue weighted by molar-refractivity contribution is -0.148. The average Bonchev–Trinajstić information content (AvgIpc) is 2.46. The zero-order valence-corrected chi connectivity index (χ0v) is 14.3. The monoisotopic (exact) mass is 334 g/mol. The van der Waals surface area contributed by atoms with Gasteiger partial charge >= 0.3 is 18.0 Å². The van der Waals surface area contributed by atoms with E-state index in [-0.39, 0.29) is 19.3 Å². The summed E-state index contributed by atoms with van der Waals surface area (Å²) in [5.74, 6) is -2.02. The summed E-state index contributed by atoms with van der Waals surface area (Å²) in [6.45, 7) is 4.45. The first-order valence-electron chi connectivity index (χ1n) is 7.35. The molecule has 0 aliphatic carbocycles. The van der Waals surface area contributed by atoms with Crippen molar-refractivity contribution in [2.75, 3.05) is 20.9 Å². The van der Waals surface area contributed by atoms with Crippen molar-refractivity contribution in [3.63, 3.8) is 0 Å². The molecule has 0 unspecified atom stereocenters. The second kappa shape index (κ2) is 10.0. The normalized spacial score (nSPS) is 13.7. The quantitative estimate of drug-likeness (QED) is 0.539. The minimum Gasteiger partial charge on any atom is -0.469 e. The van der Waals surface area contributed by atoms with Crippen LogP contribution in [0.3, 0.4) is 0 Å². The van der Waals surface area contributed by atoms with E-state index in [4.69, 9.17) is 4.74 Å². The van der Waals surface area contributed by atoms with Gasteiger partial charge in [0.05, 0.1) is 26.8 Å². The van der Waals surface area contributed by atoms with Crippen LogP contribution in [0.5, 0.6) is 0 Å². The highest BCUT2D eigenvalue weighted by atomic mass is 18.2. The third-order valence-electron chi connectivity index (χ3n) is 2.92. The van der Waals surface area contributed by atoms with Crippen LogP contribution in [0.1, 0.15) is 40.0 Å². The first-order chi connectivity index (χ1) is 10.6. The Hall–Kier alpha value is -1.86. The van der Waals surface area contributed by atoms with Crippen molar-refractivity contribution in [3.8, 4) is 0 Å². The Morgan fingerprint density at radius 2 is 1.65 bits per heavy atom. The van der Waals surface area contributed by atoms with Crippen molar-refractivity contribution in [3.05, 3.63) is 0 Å². The van der Waals surface area contributed by atoms with E-state index in [1.807, 2.05) is 0 Å². The molecule has 23 heavy (non-hydrogen) atoms. The first kappa shape index (κ1) is 21.1. The summed E-state index contributed by atoms with van der Waals surface area (Å²) >= 11 is 0. The topological polar surface area (TPSA) is 90.9 Å². The summed E-state index contributed by atoms with van der Waals surface area (Å²) in [6, 6.07) is -1.08. The molecule has 0 aromatic heterocycles. The minimum atomic E-state index is -1.08. The first-order valence-corrected chi connectivity index (χ1v) is 7.35. The lowest BCUT2D eigenvalue weighted by Crippen LogP contribution is -2.45. The van der Waals surface area contributed by atoms with Gasteiger partial charge in [-0.05, 0) is 40.0 Å². The SMILES string of the molecule is COC(=O)[C@@H](CCC[18F])C[C@H](NC(=O)OC(C)(C)C)C(=O)OC. The number of rotatable bonds is 8. The van der Waals surface area contributed by atoms with Gasteiger partial charge in [-0.3, -0.25) is 9.18 Å². The molecule has 0 fully saturated rings. The fraction of sp³-hybridized carbons (Fsp3) is 0.800. The molecule has 0 aromatic carbocycles. The molecular formula is C15H26FNO6. The fourth-order valence-corrected chi connectivity index (χ4v) is 1.91. The number of alkyl halides is 1. The van der Waals surface area contributed by atoms with E-state index in [0.29, 0.717) is 0 Å². The van der Waals surface area contributed by atoms with Crippen molar-refractivity contribution in [1.82, 2.24) is 5.32 Å². The number of ether oxygens (including phenoxy) is 3. The van der Waals surface area contributed by atoms with Gasteiger partial charge in [-0.15, -0.1) is 0 Å². The number of amides is 1. The summed E-state index contributed by atoms with van der Waals surface area (Å²) < 4.78 is 26.7. The van der Waals surface area contributed by atoms with Gasteiger partial charge in [-0.2, -0.15) is 0 Å². The van der Waals surface area contributed by atoms with E-state index >= 15 is 0 Å². The van der Waals surface area contributed by atoms with E-state index in [2.05, 4.69) is 14.8 Å². The number of hydrogen-bond acceptors (Lipinski definition) is 6. The van der Waals surface area contributed by atoms with Crippen LogP contribution in [-0.4, -0.2) is 50.6 Å². The number of esters is 2. The van der Waals surface area contributed by atoms with Crippen LogP contribution in [-0.2, 0) is 23.8 Å². The van der Waals surface area contributed by atoms with E-state index in [1.165, 1.54) is 14.2 Å². The van der Waals surface area contributed by atoms with Gasteiger partial charge in [-0.1, -0.05) is 0 Å². The molecule has 0 radical (unpaired) electrons. The summed E-state index contributed by atoms with van der Waals surface area (Å²) in [5, 5.41) is 2.37. The van der Waals surface area contributed by atoms with Gasteiger partial charge in [0.2, 0.25) is 0 Å². The molecule has 0 saturated heterocycles. The number of halogens is 1. The molecule has 7 nitrogen and oxygen atoms in total. The predicted molar refractivity (Wildman–Crippen MR) is 80.5 cm³/mol. The van der Waals surface area contributed by atoms with E-state index < -0.39 is 42.3 Å². The molecule has 0 bridgehead atoms. The fourth-order valence-electron chi connectivity index (χ4n) is 1.91. The molecular weight excluding hydrogens is 308 g/mol. The number of carbonyl (C=O) groups is 3. The largest absolute Gasteiger partial charge is 0.469 e. The predicted octanol–water partition coefficient (Wildman–Crippen LogP) is 1.98. The molecule has 0 rings (SSSR count). The molecule has 2 atom stereocenters. The Kier molecular flexibility index (Phi) is 9.21. The van der Waals surface area contributed by atoms with Gasteiger partial charge in [0, 0.05) is 0 Å². The Morgan fingerprint density at radius 3 is 2.09 bits per heavy atom. The van der Waals surface area contributed by atoms with Crippen LogP contribution in [0.4, 0.5) is 9.18 Å². The zero-order chi connectivity index (χ0) is 18.0. The van der Waals surface area contributed by atoms with Gasteiger partial charge in [0.25, 0.3) is 0 Å². The number of methoxy groups -OCH3 is 2. The van der Waals surface area contributed by atoms with Gasteiger partial charge in [-0.25, -0.2) is 9.59 Å². The van der Waals surface area contributed by atoms with Crippen molar-refractivity contribution in [2.45, 2.75) is 51.7 Å². The van der Waals surface area contributed by atoms with Gasteiger partial charge in [0.15, 0.2) is 0 Å². The lowest BCUT2D eigenvalue weighted by atomic mass is 9.95. The maximum Gasteiger partial charge on any atom is 0.408 e. The second-order valence-corrected chi connectivity index (χ2v) is 6.01. The van der Waals surface area contributed by atoms with Crippen LogP contribution < -0.4 is 5.32 Å². The van der Waals surface area contributed by atoms with E-state index in [1.54, 1.807) is 20.8 Å². The Bertz CT molecular complexity index is 407. The summed E-state index contributed by atoms with van der Waals surface area (Å²) in [4.78, 5) is 35.4. The molecule has 0 aromatic rings. The molecule has 0 aliphatic rings. The second-order valence-electron chi connectivity index (χ2n) is 6.01. The maximum absolute atomic E-state index is 12.3. The molecule has 8 heteroatoms. The lowest BCUT2D eigenvalue weighted by Gasteiger charge is -2.24. The van der Waals surface area contributed by atoms with Crippen molar-refractivity contribution < 1.29 is 33.0 Å². The standard InChI is InChI=1S/C15H26FNO6/c1-15(2,3)23-14(20)17-11(13(19)22-5)9-10(7-6-8-16)12(18)21-4/h10-11H,6-9H2,1-5H3,(H,17,20)/t10-,11-/m0/s1/i16-1. The molecule has 0 aliphatic heterocycles.